The number of halogens is 1. The quantitative estimate of drug-likeness (QED) is 0.655. The average molecular weight is 480 g/mol. The van der Waals surface area contributed by atoms with Crippen molar-refractivity contribution in [1.29, 1.82) is 0 Å². The topological polar surface area (TPSA) is 69.7 Å². The van der Waals surface area contributed by atoms with Crippen molar-refractivity contribution >= 4 is 23.4 Å². The van der Waals surface area contributed by atoms with Crippen molar-refractivity contribution in [3.63, 3.8) is 0 Å². The van der Waals surface area contributed by atoms with Crippen LogP contribution in [0.25, 0.3) is 0 Å². The number of rotatable bonds is 6. The number of benzene rings is 2. The Morgan fingerprint density at radius 1 is 1.00 bits per heavy atom. The van der Waals surface area contributed by atoms with E-state index < -0.39 is 17.9 Å². The predicted molar refractivity (Wildman–Crippen MR) is 133 cm³/mol. The Kier molecular flexibility index (Phi) is 7.83. The molecule has 7 heteroatoms. The molecule has 2 aromatic rings. The van der Waals surface area contributed by atoms with Gasteiger partial charge in [0.15, 0.2) is 0 Å². The summed E-state index contributed by atoms with van der Waals surface area (Å²) in [4.78, 5) is 43.3. The van der Waals surface area contributed by atoms with Gasteiger partial charge in [0, 0.05) is 25.2 Å². The molecule has 1 saturated heterocycles. The van der Waals surface area contributed by atoms with Gasteiger partial charge >= 0.3 is 0 Å². The minimum Gasteiger partial charge on any atom is -0.351 e. The number of hydrogen-bond donors (Lipinski definition) is 1. The number of carbonyl (C=O) groups excluding carboxylic acids is 3. The first-order valence-electron chi connectivity index (χ1n) is 12.6. The van der Waals surface area contributed by atoms with Crippen molar-refractivity contribution in [2.45, 2.75) is 76.9 Å². The lowest BCUT2D eigenvalue weighted by atomic mass is 9.93. The zero-order valence-corrected chi connectivity index (χ0v) is 20.5. The van der Waals surface area contributed by atoms with Crippen LogP contribution in [0.4, 0.5) is 10.1 Å². The zero-order chi connectivity index (χ0) is 24.9. The van der Waals surface area contributed by atoms with Crippen LogP contribution in [-0.4, -0.2) is 41.2 Å². The van der Waals surface area contributed by atoms with Gasteiger partial charge in [-0.3, -0.25) is 19.3 Å². The molecule has 1 aliphatic heterocycles. The molecule has 3 amide bonds. The molecule has 0 aromatic heterocycles. The highest BCUT2D eigenvalue weighted by molar-refractivity contribution is 6.05. The fourth-order valence-electron chi connectivity index (χ4n) is 5.41. The van der Waals surface area contributed by atoms with Crippen molar-refractivity contribution in [1.82, 2.24) is 10.2 Å². The van der Waals surface area contributed by atoms with Crippen molar-refractivity contribution < 1.29 is 18.8 Å². The van der Waals surface area contributed by atoms with E-state index in [1.165, 1.54) is 30.0 Å². The third-order valence-electron chi connectivity index (χ3n) is 7.21. The largest absolute Gasteiger partial charge is 0.351 e. The molecular weight excluding hydrogens is 445 g/mol. The smallest absolute Gasteiger partial charge is 0.250 e. The molecule has 2 aromatic carbocycles. The lowest BCUT2D eigenvalue weighted by molar-refractivity contribution is -0.136. The van der Waals surface area contributed by atoms with Gasteiger partial charge in [-0.1, -0.05) is 49.6 Å². The molecule has 0 spiro atoms. The van der Waals surface area contributed by atoms with E-state index in [0.29, 0.717) is 30.6 Å². The van der Waals surface area contributed by atoms with Crippen LogP contribution in [0.3, 0.4) is 0 Å². The number of nitrogens with one attached hydrogen (secondary N) is 1. The Balaban J connectivity index is 1.80. The summed E-state index contributed by atoms with van der Waals surface area (Å²) in [6.07, 6.45) is 6.29. The first-order valence-corrected chi connectivity index (χ1v) is 12.6. The van der Waals surface area contributed by atoms with E-state index in [9.17, 15) is 18.8 Å². The van der Waals surface area contributed by atoms with Crippen LogP contribution in [0.1, 0.15) is 69.0 Å². The number of likely N-dealkylation sites (tertiary alicyclic amines) is 1. The fourth-order valence-corrected chi connectivity index (χ4v) is 5.41. The summed E-state index contributed by atoms with van der Waals surface area (Å²) in [5.41, 5.74) is 1.85. The van der Waals surface area contributed by atoms with E-state index in [2.05, 4.69) is 5.32 Å². The van der Waals surface area contributed by atoms with Crippen LogP contribution in [0, 0.1) is 12.7 Å². The van der Waals surface area contributed by atoms with Crippen molar-refractivity contribution in [3.8, 4) is 0 Å². The van der Waals surface area contributed by atoms with E-state index in [4.69, 9.17) is 0 Å². The Morgan fingerprint density at radius 2 is 1.74 bits per heavy atom. The number of nitrogens with zero attached hydrogens (tertiary/aromatic N) is 2. The summed E-state index contributed by atoms with van der Waals surface area (Å²) in [5, 5.41) is 3.18. The summed E-state index contributed by atoms with van der Waals surface area (Å²) in [5.74, 6) is -1.32. The van der Waals surface area contributed by atoms with Crippen LogP contribution in [0.2, 0.25) is 0 Å². The molecule has 2 aliphatic rings. The third kappa shape index (κ3) is 5.55. The number of aryl methyl sites for hydroxylation is 1. The molecular formula is C28H34FN3O3. The maximum absolute atomic E-state index is 14.4. The van der Waals surface area contributed by atoms with E-state index in [0.717, 1.165) is 37.7 Å². The van der Waals surface area contributed by atoms with Crippen LogP contribution < -0.4 is 10.2 Å². The maximum atomic E-state index is 14.4. The van der Waals surface area contributed by atoms with Gasteiger partial charge in [-0.15, -0.1) is 0 Å². The number of carbonyl (C=O) groups is 3. The molecule has 1 saturated carbocycles. The fraction of sp³-hybridized carbons (Fsp3) is 0.464. The molecule has 4 rings (SSSR count). The monoisotopic (exact) mass is 479 g/mol. The van der Waals surface area contributed by atoms with E-state index >= 15 is 0 Å². The number of amides is 3. The molecule has 1 N–H and O–H groups in total. The first-order chi connectivity index (χ1) is 16.9. The van der Waals surface area contributed by atoms with Gasteiger partial charge in [0.2, 0.25) is 11.8 Å². The summed E-state index contributed by atoms with van der Waals surface area (Å²) >= 11 is 0. The van der Waals surface area contributed by atoms with Gasteiger partial charge in [-0.25, -0.2) is 4.39 Å². The highest BCUT2D eigenvalue weighted by atomic mass is 19.1. The number of anilines is 1. The predicted octanol–water partition coefficient (Wildman–Crippen LogP) is 4.67. The van der Waals surface area contributed by atoms with Crippen LogP contribution >= 0.6 is 0 Å². The molecule has 2 atom stereocenters. The lowest BCUT2D eigenvalue weighted by Gasteiger charge is -2.37. The Morgan fingerprint density at radius 3 is 2.43 bits per heavy atom. The molecule has 186 valence electrons. The van der Waals surface area contributed by atoms with Gasteiger partial charge in [0.1, 0.15) is 17.9 Å². The molecule has 1 aliphatic carbocycles. The second-order valence-corrected chi connectivity index (χ2v) is 9.66. The standard InChI is InChI=1S/C28H34FN3O3/c1-19-10-6-7-15-24(19)26(27(34)30-22-12-4-3-5-13-22)32(23-14-8-11-21(29)18-23)28(35)25-16-9-17-31(25)20(2)33/h6-8,10-11,14-15,18,22,25-26H,3-5,9,12-13,16-17H2,1-2H3,(H,30,34)/t25-,26-/m0/s1. The van der Waals surface area contributed by atoms with E-state index in [1.54, 1.807) is 11.0 Å². The van der Waals surface area contributed by atoms with Crippen molar-refractivity contribution in [2.24, 2.45) is 0 Å². The van der Waals surface area contributed by atoms with Crippen LogP contribution in [0.5, 0.6) is 0 Å². The minimum atomic E-state index is -0.984. The number of hydrogen-bond acceptors (Lipinski definition) is 3. The molecule has 0 bridgehead atoms. The highest BCUT2D eigenvalue weighted by Gasteiger charge is 2.41. The van der Waals surface area contributed by atoms with Crippen molar-refractivity contribution in [3.05, 3.63) is 65.5 Å². The first kappa shape index (κ1) is 24.9. The second kappa shape index (κ2) is 11.0. The van der Waals surface area contributed by atoms with Gasteiger partial charge in [-0.05, 0) is 61.9 Å². The summed E-state index contributed by atoms with van der Waals surface area (Å²) in [6.45, 7) is 3.85. The Hall–Kier alpha value is -3.22. The van der Waals surface area contributed by atoms with Gasteiger partial charge in [0.25, 0.3) is 5.91 Å². The summed E-state index contributed by atoms with van der Waals surface area (Å²) in [6, 6.07) is 11.6. The molecule has 35 heavy (non-hydrogen) atoms. The normalized spacial score (nSPS) is 19.3. The molecule has 0 radical (unpaired) electrons. The maximum Gasteiger partial charge on any atom is 0.250 e. The second-order valence-electron chi connectivity index (χ2n) is 9.66. The average Bonchev–Trinajstić information content (AvgIpc) is 3.34. The molecule has 1 heterocycles. The van der Waals surface area contributed by atoms with Crippen molar-refractivity contribution in [2.75, 3.05) is 11.4 Å². The zero-order valence-electron chi connectivity index (χ0n) is 20.5. The Labute approximate surface area is 206 Å². The summed E-state index contributed by atoms with van der Waals surface area (Å²) in [7, 11) is 0. The van der Waals surface area contributed by atoms with Gasteiger partial charge in [0.05, 0.1) is 0 Å². The molecule has 2 fully saturated rings. The van der Waals surface area contributed by atoms with Crippen LogP contribution in [0.15, 0.2) is 48.5 Å². The summed E-state index contributed by atoms with van der Waals surface area (Å²) < 4.78 is 14.4. The minimum absolute atomic E-state index is 0.0485. The Bertz CT molecular complexity index is 1080. The molecule has 0 unspecified atom stereocenters. The highest BCUT2D eigenvalue weighted by Crippen LogP contribution is 2.34. The van der Waals surface area contributed by atoms with E-state index in [-0.39, 0.29) is 23.8 Å². The van der Waals surface area contributed by atoms with E-state index in [1.807, 2.05) is 31.2 Å². The molecule has 6 nitrogen and oxygen atoms in total. The van der Waals surface area contributed by atoms with Crippen LogP contribution in [-0.2, 0) is 14.4 Å². The lowest BCUT2D eigenvalue weighted by Crippen LogP contribution is -2.53. The van der Waals surface area contributed by atoms with Gasteiger partial charge < -0.3 is 10.2 Å². The van der Waals surface area contributed by atoms with Gasteiger partial charge in [-0.2, -0.15) is 0 Å². The SMILES string of the molecule is CC(=O)N1CCC[C@H]1C(=O)N(c1cccc(F)c1)[C@H](C(=O)NC1CCCCC1)c1ccccc1C. The third-order valence-corrected chi connectivity index (χ3v) is 7.21.